The van der Waals surface area contributed by atoms with E-state index in [0.29, 0.717) is 6.54 Å². The van der Waals surface area contributed by atoms with Crippen molar-refractivity contribution in [3.8, 4) is 0 Å². The molecule has 2 heterocycles. The van der Waals surface area contributed by atoms with Gasteiger partial charge in [-0.05, 0) is 51.3 Å². The summed E-state index contributed by atoms with van der Waals surface area (Å²) >= 11 is 0. The summed E-state index contributed by atoms with van der Waals surface area (Å²) < 4.78 is 7.05. The molecule has 1 aromatic heterocycles. The number of amides is 1. The van der Waals surface area contributed by atoms with Gasteiger partial charge in [0, 0.05) is 13.6 Å². The Morgan fingerprint density at radius 1 is 1.32 bits per heavy atom. The third-order valence-corrected chi connectivity index (χ3v) is 3.84. The predicted octanol–water partition coefficient (Wildman–Crippen LogP) is 2.55. The van der Waals surface area contributed by atoms with E-state index in [1.165, 1.54) is 0 Å². The first kappa shape index (κ1) is 14.7. The van der Waals surface area contributed by atoms with E-state index in [-0.39, 0.29) is 11.8 Å². The number of ether oxygens (including phenoxy) is 1. The lowest BCUT2D eigenvalue weighted by Gasteiger charge is -2.31. The molecule has 6 nitrogen and oxygen atoms in total. The van der Waals surface area contributed by atoms with Gasteiger partial charge in [-0.1, -0.05) is 0 Å². The molecular formula is C16H21N3O3. The maximum absolute atomic E-state index is 12.4. The molecule has 1 aliphatic heterocycles. The number of nitrogens with zero attached hydrogens (tertiary/aromatic N) is 2. The Balaban J connectivity index is 2.07. The molecule has 0 saturated heterocycles. The smallest absolute Gasteiger partial charge is 0.414 e. The summed E-state index contributed by atoms with van der Waals surface area (Å²) in [6.07, 6.45) is 1.43. The summed E-state index contributed by atoms with van der Waals surface area (Å²) in [4.78, 5) is 28.7. The van der Waals surface area contributed by atoms with Crippen LogP contribution in [-0.2, 0) is 18.2 Å². The molecular weight excluding hydrogens is 282 g/mol. The number of carbonyl (C=O) groups is 1. The molecule has 0 radical (unpaired) electrons. The number of hydrogen-bond donors (Lipinski definition) is 1. The van der Waals surface area contributed by atoms with Crippen molar-refractivity contribution in [2.75, 3.05) is 11.4 Å². The van der Waals surface area contributed by atoms with Crippen molar-refractivity contribution in [3.63, 3.8) is 0 Å². The third-order valence-electron chi connectivity index (χ3n) is 3.84. The van der Waals surface area contributed by atoms with Gasteiger partial charge in [-0.3, -0.25) is 9.47 Å². The fourth-order valence-electron chi connectivity index (χ4n) is 2.81. The Bertz CT molecular complexity index is 795. The zero-order valence-corrected chi connectivity index (χ0v) is 13.4. The van der Waals surface area contributed by atoms with Crippen LogP contribution in [0.25, 0.3) is 11.0 Å². The second-order valence-corrected chi connectivity index (χ2v) is 6.72. The Morgan fingerprint density at radius 3 is 2.73 bits per heavy atom. The molecule has 1 aromatic carbocycles. The van der Waals surface area contributed by atoms with E-state index >= 15 is 0 Å². The van der Waals surface area contributed by atoms with Crippen LogP contribution in [0.1, 0.15) is 32.8 Å². The minimum absolute atomic E-state index is 0.152. The van der Waals surface area contributed by atoms with Gasteiger partial charge in [0.2, 0.25) is 0 Å². The number of aryl methyl sites for hydroxylation is 2. The van der Waals surface area contributed by atoms with E-state index < -0.39 is 5.60 Å². The van der Waals surface area contributed by atoms with Crippen LogP contribution in [0.2, 0.25) is 0 Å². The first-order valence-electron chi connectivity index (χ1n) is 7.48. The van der Waals surface area contributed by atoms with Gasteiger partial charge in [0.05, 0.1) is 16.7 Å². The van der Waals surface area contributed by atoms with Crippen LogP contribution in [0.4, 0.5) is 10.5 Å². The molecule has 22 heavy (non-hydrogen) atoms. The molecule has 0 fully saturated rings. The minimum Gasteiger partial charge on any atom is -0.443 e. The number of aromatic amines is 1. The lowest BCUT2D eigenvalue weighted by molar-refractivity contribution is 0.0578. The van der Waals surface area contributed by atoms with Crippen LogP contribution in [0.15, 0.2) is 16.9 Å². The summed E-state index contributed by atoms with van der Waals surface area (Å²) in [5.74, 6) is 0. The first-order chi connectivity index (χ1) is 10.3. The van der Waals surface area contributed by atoms with E-state index in [4.69, 9.17) is 4.74 Å². The monoisotopic (exact) mass is 303 g/mol. The van der Waals surface area contributed by atoms with Crippen molar-refractivity contribution in [2.45, 2.75) is 39.2 Å². The summed E-state index contributed by atoms with van der Waals surface area (Å²) in [7, 11) is 1.72. The second-order valence-electron chi connectivity index (χ2n) is 6.72. The molecule has 2 aromatic rings. The van der Waals surface area contributed by atoms with E-state index in [1.807, 2.05) is 32.9 Å². The van der Waals surface area contributed by atoms with E-state index in [2.05, 4.69) is 4.98 Å². The van der Waals surface area contributed by atoms with Crippen LogP contribution in [0, 0.1) is 0 Å². The number of anilines is 1. The Morgan fingerprint density at radius 2 is 2.05 bits per heavy atom. The molecule has 1 N–H and O–H groups in total. The minimum atomic E-state index is -0.528. The van der Waals surface area contributed by atoms with E-state index in [1.54, 1.807) is 16.5 Å². The number of aromatic nitrogens is 2. The van der Waals surface area contributed by atoms with Crippen molar-refractivity contribution in [1.82, 2.24) is 9.55 Å². The van der Waals surface area contributed by atoms with Gasteiger partial charge in [-0.25, -0.2) is 9.59 Å². The average Bonchev–Trinajstić information content (AvgIpc) is 2.69. The number of fused-ring (bicyclic) bond motifs is 2. The maximum Gasteiger partial charge on any atom is 0.414 e. The molecule has 118 valence electrons. The Hall–Kier alpha value is -2.24. The zero-order chi connectivity index (χ0) is 16.1. The standard InChI is InChI=1S/C16H21N3O3/c1-16(2,3)22-15(21)19-7-5-6-10-8-11-13(9-12(10)19)18(4)14(20)17-11/h8-9H,5-7H2,1-4H3,(H,17,20). The molecule has 0 atom stereocenters. The zero-order valence-electron chi connectivity index (χ0n) is 13.4. The number of carbonyl (C=O) groups excluding carboxylic acids is 1. The fraction of sp³-hybridized carbons (Fsp3) is 0.500. The van der Waals surface area contributed by atoms with Crippen molar-refractivity contribution in [2.24, 2.45) is 7.05 Å². The first-order valence-corrected chi connectivity index (χ1v) is 7.48. The molecule has 0 bridgehead atoms. The van der Waals surface area contributed by atoms with Gasteiger partial charge < -0.3 is 9.72 Å². The van der Waals surface area contributed by atoms with Crippen LogP contribution in [0.5, 0.6) is 0 Å². The number of benzene rings is 1. The van der Waals surface area contributed by atoms with Crippen molar-refractivity contribution in [1.29, 1.82) is 0 Å². The predicted molar refractivity (Wildman–Crippen MR) is 85.4 cm³/mol. The van der Waals surface area contributed by atoms with Crippen LogP contribution >= 0.6 is 0 Å². The van der Waals surface area contributed by atoms with Gasteiger partial charge in [0.25, 0.3) is 0 Å². The SMILES string of the molecule is Cn1c(=O)[nH]c2cc3c(cc21)N(C(=O)OC(C)(C)C)CCC3. The number of hydrogen-bond acceptors (Lipinski definition) is 3. The highest BCUT2D eigenvalue weighted by atomic mass is 16.6. The molecule has 3 rings (SSSR count). The van der Waals surface area contributed by atoms with Crippen LogP contribution in [-0.4, -0.2) is 27.8 Å². The number of imidazole rings is 1. The topological polar surface area (TPSA) is 67.3 Å². The Kier molecular flexibility index (Phi) is 3.27. The van der Waals surface area contributed by atoms with Gasteiger partial charge in [0.15, 0.2) is 0 Å². The highest BCUT2D eigenvalue weighted by Gasteiger charge is 2.28. The molecule has 0 spiro atoms. The highest BCUT2D eigenvalue weighted by Crippen LogP contribution is 2.31. The van der Waals surface area contributed by atoms with Crippen molar-refractivity contribution >= 4 is 22.8 Å². The van der Waals surface area contributed by atoms with Gasteiger partial charge in [-0.2, -0.15) is 0 Å². The molecule has 0 saturated carbocycles. The molecule has 1 amide bonds. The van der Waals surface area contributed by atoms with Crippen molar-refractivity contribution < 1.29 is 9.53 Å². The van der Waals surface area contributed by atoms with E-state index in [9.17, 15) is 9.59 Å². The van der Waals surface area contributed by atoms with Crippen LogP contribution in [0.3, 0.4) is 0 Å². The highest BCUT2D eigenvalue weighted by molar-refractivity contribution is 5.93. The quantitative estimate of drug-likeness (QED) is 0.813. The Labute approximate surface area is 128 Å². The fourth-order valence-corrected chi connectivity index (χ4v) is 2.81. The number of nitrogens with one attached hydrogen (secondary N) is 1. The van der Waals surface area contributed by atoms with E-state index in [0.717, 1.165) is 35.1 Å². The number of rotatable bonds is 0. The van der Waals surface area contributed by atoms with Crippen molar-refractivity contribution in [3.05, 3.63) is 28.2 Å². The van der Waals surface area contributed by atoms with Gasteiger partial charge in [-0.15, -0.1) is 0 Å². The molecule has 1 aliphatic rings. The molecule has 0 unspecified atom stereocenters. The maximum atomic E-state index is 12.4. The summed E-state index contributed by atoms with van der Waals surface area (Å²) in [5, 5.41) is 0. The number of H-pyrrole nitrogens is 1. The van der Waals surface area contributed by atoms with Crippen LogP contribution < -0.4 is 10.6 Å². The van der Waals surface area contributed by atoms with Gasteiger partial charge >= 0.3 is 11.8 Å². The largest absolute Gasteiger partial charge is 0.443 e. The lowest BCUT2D eigenvalue weighted by Crippen LogP contribution is -2.39. The summed E-state index contributed by atoms with van der Waals surface area (Å²) in [5.41, 5.74) is 2.81. The average molecular weight is 303 g/mol. The normalized spacial score (nSPS) is 15.0. The second kappa shape index (κ2) is 4.90. The molecule has 6 heteroatoms. The summed E-state index contributed by atoms with van der Waals surface area (Å²) in [6, 6.07) is 3.86. The third kappa shape index (κ3) is 2.49. The lowest BCUT2D eigenvalue weighted by atomic mass is 10.0. The van der Waals surface area contributed by atoms with Gasteiger partial charge in [0.1, 0.15) is 5.60 Å². The summed E-state index contributed by atoms with van der Waals surface area (Å²) in [6.45, 7) is 6.20. The molecule has 0 aliphatic carbocycles.